The molecule has 5 heteroatoms. The van der Waals surface area contributed by atoms with Crippen LogP contribution in [0.25, 0.3) is 0 Å². The van der Waals surface area contributed by atoms with Crippen molar-refractivity contribution in [2.45, 2.75) is 30.6 Å². The normalized spacial score (nSPS) is 20.4. The molecule has 0 saturated carbocycles. The molecule has 0 radical (unpaired) electrons. The second kappa shape index (κ2) is 6.99. The third-order valence-electron chi connectivity index (χ3n) is 3.69. The van der Waals surface area contributed by atoms with Crippen LogP contribution in [0.5, 0.6) is 5.75 Å². The van der Waals surface area contributed by atoms with E-state index in [1.165, 1.54) is 0 Å². The molecule has 1 amide bonds. The molecule has 4 nitrogen and oxygen atoms in total. The highest BCUT2D eigenvalue weighted by Crippen LogP contribution is 2.33. The summed E-state index contributed by atoms with van der Waals surface area (Å²) < 4.78 is 5.57. The lowest BCUT2D eigenvalue weighted by molar-refractivity contribution is -0.123. The maximum atomic E-state index is 12.4. The second-order valence-corrected chi connectivity index (χ2v) is 6.06. The van der Waals surface area contributed by atoms with E-state index in [9.17, 15) is 9.90 Å². The SMILES string of the molecule is CSC(CO)C(C)NC(=O)C1CCOc2ccccc21. The first kappa shape index (κ1) is 15.2. The van der Waals surface area contributed by atoms with Crippen LogP contribution in [0.2, 0.25) is 0 Å². The molecule has 110 valence electrons. The second-order valence-electron chi connectivity index (χ2n) is 4.98. The quantitative estimate of drug-likeness (QED) is 0.869. The van der Waals surface area contributed by atoms with Crippen molar-refractivity contribution in [1.82, 2.24) is 5.32 Å². The molecule has 1 heterocycles. The summed E-state index contributed by atoms with van der Waals surface area (Å²) in [6.45, 7) is 2.56. The number of para-hydroxylation sites is 1. The number of aliphatic hydroxyl groups excluding tert-OH is 1. The molecule has 2 N–H and O–H groups in total. The van der Waals surface area contributed by atoms with Crippen molar-refractivity contribution >= 4 is 17.7 Å². The maximum absolute atomic E-state index is 12.4. The van der Waals surface area contributed by atoms with Gasteiger partial charge in [0, 0.05) is 16.9 Å². The maximum Gasteiger partial charge on any atom is 0.228 e. The van der Waals surface area contributed by atoms with Crippen molar-refractivity contribution < 1.29 is 14.6 Å². The molecule has 1 aromatic rings. The van der Waals surface area contributed by atoms with Crippen molar-refractivity contribution in [2.24, 2.45) is 0 Å². The molecule has 0 bridgehead atoms. The molecule has 0 fully saturated rings. The standard InChI is InChI=1S/C15H21NO3S/c1-10(14(9-17)20-2)16-15(18)12-7-8-19-13-6-4-3-5-11(12)13/h3-6,10,12,14,17H,7-9H2,1-2H3,(H,16,18). The first-order chi connectivity index (χ1) is 9.67. The van der Waals surface area contributed by atoms with Gasteiger partial charge in [0.05, 0.1) is 19.1 Å². The van der Waals surface area contributed by atoms with Crippen LogP contribution in [0, 0.1) is 0 Å². The van der Waals surface area contributed by atoms with E-state index in [1.807, 2.05) is 37.4 Å². The lowest BCUT2D eigenvalue weighted by Crippen LogP contribution is -2.44. The first-order valence-corrected chi connectivity index (χ1v) is 8.12. The van der Waals surface area contributed by atoms with E-state index in [4.69, 9.17) is 4.74 Å². The van der Waals surface area contributed by atoms with Gasteiger partial charge < -0.3 is 15.2 Å². The van der Waals surface area contributed by atoms with Crippen LogP contribution >= 0.6 is 11.8 Å². The summed E-state index contributed by atoms with van der Waals surface area (Å²) in [6.07, 6.45) is 2.63. The van der Waals surface area contributed by atoms with Crippen LogP contribution in [0.3, 0.4) is 0 Å². The molecule has 0 aromatic heterocycles. The smallest absolute Gasteiger partial charge is 0.228 e. The summed E-state index contributed by atoms with van der Waals surface area (Å²) in [5, 5.41) is 12.3. The van der Waals surface area contributed by atoms with Crippen LogP contribution in [0.4, 0.5) is 0 Å². The van der Waals surface area contributed by atoms with Crippen molar-refractivity contribution in [1.29, 1.82) is 0 Å². The molecular formula is C15H21NO3S. The Balaban J connectivity index is 2.07. The average molecular weight is 295 g/mol. The zero-order valence-corrected chi connectivity index (χ0v) is 12.7. The largest absolute Gasteiger partial charge is 0.493 e. The number of carbonyl (C=O) groups is 1. The fourth-order valence-electron chi connectivity index (χ4n) is 2.47. The topological polar surface area (TPSA) is 58.6 Å². The van der Waals surface area contributed by atoms with Crippen LogP contribution in [0.1, 0.15) is 24.8 Å². The van der Waals surface area contributed by atoms with Gasteiger partial charge in [0.15, 0.2) is 0 Å². The number of benzene rings is 1. The number of hydrogen-bond donors (Lipinski definition) is 2. The van der Waals surface area contributed by atoms with Gasteiger partial charge in [-0.3, -0.25) is 4.79 Å². The van der Waals surface area contributed by atoms with E-state index >= 15 is 0 Å². The Morgan fingerprint density at radius 3 is 3.00 bits per heavy atom. The molecule has 1 aliphatic heterocycles. The Hall–Kier alpha value is -1.20. The van der Waals surface area contributed by atoms with E-state index < -0.39 is 0 Å². The molecule has 3 unspecified atom stereocenters. The number of carbonyl (C=O) groups excluding carboxylic acids is 1. The van der Waals surface area contributed by atoms with Gasteiger partial charge in [-0.25, -0.2) is 0 Å². The van der Waals surface area contributed by atoms with E-state index in [0.29, 0.717) is 13.0 Å². The van der Waals surface area contributed by atoms with Crippen LogP contribution < -0.4 is 10.1 Å². The van der Waals surface area contributed by atoms with E-state index in [2.05, 4.69) is 5.32 Å². The van der Waals surface area contributed by atoms with Gasteiger partial charge in [0.2, 0.25) is 5.91 Å². The van der Waals surface area contributed by atoms with Crippen LogP contribution in [-0.2, 0) is 4.79 Å². The highest BCUT2D eigenvalue weighted by molar-refractivity contribution is 7.99. The Labute approximate surface area is 123 Å². The molecule has 0 aliphatic carbocycles. The van der Waals surface area contributed by atoms with Crippen LogP contribution in [0.15, 0.2) is 24.3 Å². The van der Waals surface area contributed by atoms with Gasteiger partial charge in [0.25, 0.3) is 0 Å². The van der Waals surface area contributed by atoms with Gasteiger partial charge in [0.1, 0.15) is 5.75 Å². The molecule has 2 rings (SSSR count). The molecule has 1 aromatic carbocycles. The zero-order valence-electron chi connectivity index (χ0n) is 11.8. The number of aliphatic hydroxyl groups is 1. The summed E-state index contributed by atoms with van der Waals surface area (Å²) in [5.41, 5.74) is 0.952. The Bertz CT molecular complexity index is 462. The van der Waals surface area contributed by atoms with Gasteiger partial charge in [-0.05, 0) is 25.7 Å². The third-order valence-corrected chi connectivity index (χ3v) is 4.85. The summed E-state index contributed by atoms with van der Waals surface area (Å²) in [4.78, 5) is 12.4. The minimum absolute atomic E-state index is 0.0146. The number of rotatable bonds is 5. The number of thioether (sulfide) groups is 1. The summed E-state index contributed by atoms with van der Waals surface area (Å²) in [7, 11) is 0. The number of nitrogens with one attached hydrogen (secondary N) is 1. The Kier molecular flexibility index (Phi) is 5.31. The summed E-state index contributed by atoms with van der Waals surface area (Å²) in [6, 6.07) is 7.63. The lowest BCUT2D eigenvalue weighted by atomic mass is 9.92. The fourth-order valence-corrected chi connectivity index (χ4v) is 3.09. The minimum atomic E-state index is -0.163. The third kappa shape index (κ3) is 3.27. The Morgan fingerprint density at radius 2 is 2.30 bits per heavy atom. The summed E-state index contributed by atoms with van der Waals surface area (Å²) >= 11 is 1.56. The van der Waals surface area contributed by atoms with Crippen molar-refractivity contribution in [3.63, 3.8) is 0 Å². The average Bonchev–Trinajstić information content (AvgIpc) is 2.47. The lowest BCUT2D eigenvalue weighted by Gasteiger charge is -2.28. The number of hydrogen-bond acceptors (Lipinski definition) is 4. The monoisotopic (exact) mass is 295 g/mol. The first-order valence-electron chi connectivity index (χ1n) is 6.83. The predicted molar refractivity (Wildman–Crippen MR) is 81.3 cm³/mol. The Morgan fingerprint density at radius 1 is 1.55 bits per heavy atom. The van der Waals surface area contributed by atoms with Crippen molar-refractivity contribution in [2.75, 3.05) is 19.5 Å². The molecular weight excluding hydrogens is 274 g/mol. The molecule has 0 saturated heterocycles. The predicted octanol–water partition coefficient (Wildman–Crippen LogP) is 1.78. The van der Waals surface area contributed by atoms with Gasteiger partial charge in [-0.2, -0.15) is 11.8 Å². The molecule has 3 atom stereocenters. The van der Waals surface area contributed by atoms with E-state index in [-0.39, 0.29) is 29.7 Å². The minimum Gasteiger partial charge on any atom is -0.493 e. The van der Waals surface area contributed by atoms with Crippen molar-refractivity contribution in [3.8, 4) is 5.75 Å². The van der Waals surface area contributed by atoms with Gasteiger partial charge in [-0.1, -0.05) is 18.2 Å². The highest BCUT2D eigenvalue weighted by atomic mass is 32.2. The molecule has 0 spiro atoms. The highest BCUT2D eigenvalue weighted by Gasteiger charge is 2.29. The zero-order chi connectivity index (χ0) is 14.5. The molecule has 1 aliphatic rings. The van der Waals surface area contributed by atoms with E-state index in [0.717, 1.165) is 11.3 Å². The van der Waals surface area contributed by atoms with Gasteiger partial charge >= 0.3 is 0 Å². The molecule has 20 heavy (non-hydrogen) atoms. The summed E-state index contributed by atoms with van der Waals surface area (Å²) in [5.74, 6) is 0.652. The van der Waals surface area contributed by atoms with E-state index in [1.54, 1.807) is 11.8 Å². The van der Waals surface area contributed by atoms with Crippen molar-refractivity contribution in [3.05, 3.63) is 29.8 Å². The van der Waals surface area contributed by atoms with Gasteiger partial charge in [-0.15, -0.1) is 0 Å². The number of ether oxygens (including phenoxy) is 1. The fraction of sp³-hybridized carbons (Fsp3) is 0.533. The number of amides is 1. The van der Waals surface area contributed by atoms with Crippen LogP contribution in [-0.4, -0.2) is 41.8 Å². The number of fused-ring (bicyclic) bond motifs is 1.